The molecule has 6 heteroatoms. The van der Waals surface area contributed by atoms with Gasteiger partial charge in [-0.3, -0.25) is 4.79 Å². The van der Waals surface area contributed by atoms with Crippen molar-refractivity contribution < 1.29 is 9.53 Å². The quantitative estimate of drug-likeness (QED) is 0.884. The average molecular weight is 272 g/mol. The zero-order valence-corrected chi connectivity index (χ0v) is 11.2. The predicted molar refractivity (Wildman–Crippen MR) is 75.0 cm³/mol. The van der Waals surface area contributed by atoms with Crippen LogP contribution in [-0.2, 0) is 0 Å². The molecular formula is C14H16N4O2. The number of carbonyl (C=O) groups is 1. The van der Waals surface area contributed by atoms with Crippen molar-refractivity contribution >= 4 is 11.7 Å². The molecule has 104 valence electrons. The van der Waals surface area contributed by atoms with Gasteiger partial charge in [-0.15, -0.1) is 0 Å². The van der Waals surface area contributed by atoms with Gasteiger partial charge in [-0.2, -0.15) is 5.10 Å². The van der Waals surface area contributed by atoms with Crippen LogP contribution in [0.3, 0.4) is 0 Å². The molecule has 2 heterocycles. The second-order valence-corrected chi connectivity index (χ2v) is 4.70. The molecule has 3 rings (SSSR count). The Bertz CT molecular complexity index is 650. The lowest BCUT2D eigenvalue weighted by molar-refractivity contribution is 0.0994. The second-order valence-electron chi connectivity index (χ2n) is 4.70. The number of aromatic nitrogens is 2. The molecule has 0 aliphatic carbocycles. The lowest BCUT2D eigenvalue weighted by Crippen LogP contribution is -2.25. The molecule has 1 atom stereocenters. The predicted octanol–water partition coefficient (Wildman–Crippen LogP) is 1.40. The molecule has 1 aromatic carbocycles. The molecule has 1 aliphatic rings. The number of primary amides is 1. The first-order valence-corrected chi connectivity index (χ1v) is 6.47. The molecule has 0 saturated carbocycles. The van der Waals surface area contributed by atoms with E-state index in [1.807, 2.05) is 24.3 Å². The second kappa shape index (κ2) is 4.88. The fourth-order valence-electron chi connectivity index (χ4n) is 2.57. The van der Waals surface area contributed by atoms with Crippen LogP contribution in [0.15, 0.2) is 30.3 Å². The number of amides is 1. The highest BCUT2D eigenvalue weighted by molar-refractivity contribution is 5.91. The van der Waals surface area contributed by atoms with Crippen LogP contribution in [0.5, 0.6) is 5.75 Å². The number of nitrogens with zero attached hydrogens (tertiary/aromatic N) is 2. The Morgan fingerprint density at radius 1 is 1.50 bits per heavy atom. The number of nitrogens with one attached hydrogen (secondary N) is 1. The summed E-state index contributed by atoms with van der Waals surface area (Å²) in [5, 5.41) is 7.53. The normalized spacial score (nSPS) is 17.1. The molecule has 0 radical (unpaired) electrons. The highest BCUT2D eigenvalue weighted by Gasteiger charge is 2.26. The summed E-state index contributed by atoms with van der Waals surface area (Å²) < 4.78 is 7.22. The highest BCUT2D eigenvalue weighted by Crippen LogP contribution is 2.34. The van der Waals surface area contributed by atoms with Crippen LogP contribution < -0.4 is 15.8 Å². The maximum Gasteiger partial charge on any atom is 0.269 e. The molecule has 0 saturated heterocycles. The smallest absolute Gasteiger partial charge is 0.269 e. The first-order chi connectivity index (χ1) is 9.70. The van der Waals surface area contributed by atoms with Crippen molar-refractivity contribution in [3.63, 3.8) is 0 Å². The van der Waals surface area contributed by atoms with Crippen LogP contribution in [0, 0.1) is 0 Å². The van der Waals surface area contributed by atoms with E-state index >= 15 is 0 Å². The van der Waals surface area contributed by atoms with E-state index in [2.05, 4.69) is 10.4 Å². The molecule has 1 unspecified atom stereocenters. The Morgan fingerprint density at radius 3 is 3.05 bits per heavy atom. The summed E-state index contributed by atoms with van der Waals surface area (Å²) in [7, 11) is 1.65. The number of carbonyl (C=O) groups excluding carboxylic acids is 1. The number of hydrogen-bond donors (Lipinski definition) is 2. The first-order valence-electron chi connectivity index (χ1n) is 6.47. The molecule has 6 nitrogen and oxygen atoms in total. The Kier molecular flexibility index (Phi) is 3.06. The van der Waals surface area contributed by atoms with E-state index in [9.17, 15) is 4.79 Å². The zero-order valence-electron chi connectivity index (χ0n) is 11.2. The van der Waals surface area contributed by atoms with E-state index in [0.29, 0.717) is 0 Å². The molecule has 1 amide bonds. The lowest BCUT2D eigenvalue weighted by atomic mass is 10.0. The van der Waals surface area contributed by atoms with Gasteiger partial charge in [0.1, 0.15) is 11.6 Å². The Balaban J connectivity index is 2.07. The molecular weight excluding hydrogens is 256 g/mol. The van der Waals surface area contributed by atoms with Crippen molar-refractivity contribution in [3.8, 4) is 5.75 Å². The van der Waals surface area contributed by atoms with Gasteiger partial charge in [0.2, 0.25) is 0 Å². The van der Waals surface area contributed by atoms with Gasteiger partial charge in [0.15, 0.2) is 5.69 Å². The lowest BCUT2D eigenvalue weighted by Gasteiger charge is -2.27. The van der Waals surface area contributed by atoms with Crippen LogP contribution in [-0.4, -0.2) is 29.3 Å². The number of rotatable bonds is 3. The van der Waals surface area contributed by atoms with Crippen molar-refractivity contribution in [2.24, 2.45) is 5.73 Å². The minimum atomic E-state index is -0.521. The number of fused-ring (bicyclic) bond motifs is 1. The molecule has 3 N–H and O–H groups in total. The average Bonchev–Trinajstić information content (AvgIpc) is 2.91. The number of anilines is 1. The standard InChI is InChI=1S/C14H16N4O2/c1-20-12-5-3-2-4-9(12)11-6-7-16-13-8-10(14(15)19)17-18(11)13/h2-5,8,11,16H,6-7H2,1H3,(H2,15,19). The number of ether oxygens (including phenoxy) is 1. The monoisotopic (exact) mass is 272 g/mol. The van der Waals surface area contributed by atoms with Crippen LogP contribution in [0.25, 0.3) is 0 Å². The van der Waals surface area contributed by atoms with Crippen molar-refractivity contribution in [3.05, 3.63) is 41.6 Å². The van der Waals surface area contributed by atoms with E-state index < -0.39 is 5.91 Å². The summed E-state index contributed by atoms with van der Waals surface area (Å²) in [6.07, 6.45) is 0.868. The van der Waals surface area contributed by atoms with E-state index in [0.717, 1.165) is 30.1 Å². The van der Waals surface area contributed by atoms with Crippen molar-refractivity contribution in [2.75, 3.05) is 19.0 Å². The highest BCUT2D eigenvalue weighted by atomic mass is 16.5. The van der Waals surface area contributed by atoms with Gasteiger partial charge in [-0.1, -0.05) is 18.2 Å². The minimum absolute atomic E-state index is 0.0375. The number of hydrogen-bond acceptors (Lipinski definition) is 4. The summed E-state index contributed by atoms with van der Waals surface area (Å²) in [5.74, 6) is 1.11. The van der Waals surface area contributed by atoms with Gasteiger partial charge in [0.25, 0.3) is 5.91 Å². The molecule has 2 aromatic rings. The molecule has 0 fully saturated rings. The number of benzene rings is 1. The maximum atomic E-state index is 11.3. The van der Waals surface area contributed by atoms with Crippen LogP contribution in [0.1, 0.15) is 28.5 Å². The summed E-state index contributed by atoms with van der Waals surface area (Å²) >= 11 is 0. The first kappa shape index (κ1) is 12.5. The third-order valence-electron chi connectivity index (χ3n) is 3.51. The fourth-order valence-corrected chi connectivity index (χ4v) is 2.57. The molecule has 1 aliphatic heterocycles. The molecule has 0 spiro atoms. The third-order valence-corrected chi connectivity index (χ3v) is 3.51. The Hall–Kier alpha value is -2.50. The Morgan fingerprint density at radius 2 is 2.30 bits per heavy atom. The molecule has 1 aromatic heterocycles. The zero-order chi connectivity index (χ0) is 14.1. The van der Waals surface area contributed by atoms with Crippen LogP contribution in [0.2, 0.25) is 0 Å². The fraction of sp³-hybridized carbons (Fsp3) is 0.286. The largest absolute Gasteiger partial charge is 0.496 e. The van der Waals surface area contributed by atoms with E-state index in [1.54, 1.807) is 17.9 Å². The number of methoxy groups -OCH3 is 1. The van der Waals surface area contributed by atoms with Crippen molar-refractivity contribution in [1.29, 1.82) is 0 Å². The van der Waals surface area contributed by atoms with Gasteiger partial charge in [0, 0.05) is 18.2 Å². The summed E-state index contributed by atoms with van der Waals surface area (Å²) in [4.78, 5) is 11.3. The van der Waals surface area contributed by atoms with Crippen LogP contribution >= 0.6 is 0 Å². The van der Waals surface area contributed by atoms with E-state index in [1.165, 1.54) is 0 Å². The summed E-state index contributed by atoms with van der Waals surface area (Å²) in [6, 6.07) is 9.57. The Labute approximate surface area is 116 Å². The van der Waals surface area contributed by atoms with Crippen molar-refractivity contribution in [2.45, 2.75) is 12.5 Å². The van der Waals surface area contributed by atoms with E-state index in [4.69, 9.17) is 10.5 Å². The minimum Gasteiger partial charge on any atom is -0.496 e. The maximum absolute atomic E-state index is 11.3. The van der Waals surface area contributed by atoms with Gasteiger partial charge >= 0.3 is 0 Å². The number of nitrogens with two attached hydrogens (primary N) is 1. The molecule has 0 bridgehead atoms. The molecule has 20 heavy (non-hydrogen) atoms. The third kappa shape index (κ3) is 1.99. The van der Waals surface area contributed by atoms with Crippen LogP contribution in [0.4, 0.5) is 5.82 Å². The van der Waals surface area contributed by atoms with Gasteiger partial charge in [-0.25, -0.2) is 4.68 Å². The topological polar surface area (TPSA) is 82.2 Å². The number of para-hydroxylation sites is 1. The van der Waals surface area contributed by atoms with Crippen molar-refractivity contribution in [1.82, 2.24) is 9.78 Å². The van der Waals surface area contributed by atoms with Gasteiger partial charge < -0.3 is 15.8 Å². The van der Waals surface area contributed by atoms with Gasteiger partial charge in [0.05, 0.1) is 13.2 Å². The SMILES string of the molecule is COc1ccccc1C1CCNc2cc(C(N)=O)nn21. The summed E-state index contributed by atoms with van der Waals surface area (Å²) in [5.41, 5.74) is 6.62. The van der Waals surface area contributed by atoms with Gasteiger partial charge in [-0.05, 0) is 12.5 Å². The summed E-state index contributed by atoms with van der Waals surface area (Å²) in [6.45, 7) is 0.812. The van der Waals surface area contributed by atoms with E-state index in [-0.39, 0.29) is 11.7 Å².